The Hall–Kier alpha value is -1.40. The van der Waals surface area contributed by atoms with Crippen LogP contribution in [-0.4, -0.2) is 50.8 Å². The van der Waals surface area contributed by atoms with Gasteiger partial charge in [-0.1, -0.05) is 0 Å². The van der Waals surface area contributed by atoms with E-state index < -0.39 is 18.2 Å². The van der Waals surface area contributed by atoms with Crippen LogP contribution >= 0.6 is 0 Å². The Labute approximate surface area is 71.5 Å². The molecule has 0 saturated heterocycles. The Kier molecular flexibility index (Phi) is 4.09. The highest BCUT2D eigenvalue weighted by Crippen LogP contribution is 2.13. The molecule has 72 valence electrons. The molecule has 0 amide bonds. The van der Waals surface area contributed by atoms with E-state index in [9.17, 15) is 9.59 Å². The molecule has 8 nitrogen and oxygen atoms in total. The molecule has 2 unspecified atom stereocenters. The summed E-state index contributed by atoms with van der Waals surface area (Å²) >= 11 is 0. The van der Waals surface area contributed by atoms with Crippen molar-refractivity contribution >= 4 is 12.2 Å². The van der Waals surface area contributed by atoms with Gasteiger partial charge in [0.05, 0.1) is 0 Å². The lowest BCUT2D eigenvalue weighted by Gasteiger charge is -2.24. The fourth-order valence-corrected chi connectivity index (χ4v) is 0.423. The molecular formula is C5H6N2O6. The topological polar surface area (TPSA) is 140 Å². The monoisotopic (exact) mass is 190 g/mol. The van der Waals surface area contributed by atoms with Crippen molar-refractivity contribution in [3.8, 4) is 0 Å². The van der Waals surface area contributed by atoms with E-state index in [-0.39, 0.29) is 0 Å². The first-order chi connectivity index (χ1) is 5.96. The molecule has 2 atom stereocenters. The number of nitrogens with zero attached hydrogens (tertiary/aromatic N) is 2. The fourth-order valence-electron chi connectivity index (χ4n) is 0.423. The van der Waals surface area contributed by atoms with Crippen LogP contribution in [0, 0.1) is 0 Å². The molecule has 0 bridgehead atoms. The number of rotatable bonds is 4. The lowest BCUT2D eigenvalue weighted by Crippen LogP contribution is -2.50. The number of aliphatic imine (C=N–C) groups is 2. The van der Waals surface area contributed by atoms with Crippen molar-refractivity contribution in [1.29, 1.82) is 0 Å². The Morgan fingerprint density at radius 3 is 1.54 bits per heavy atom. The van der Waals surface area contributed by atoms with Crippen LogP contribution in [0.4, 0.5) is 0 Å². The quantitative estimate of drug-likeness (QED) is 0.211. The molecule has 0 saturated carbocycles. The van der Waals surface area contributed by atoms with Gasteiger partial charge in [-0.05, 0) is 0 Å². The molecule has 0 aliphatic rings. The van der Waals surface area contributed by atoms with Crippen LogP contribution in [0.15, 0.2) is 9.98 Å². The van der Waals surface area contributed by atoms with Crippen LogP contribution in [0.5, 0.6) is 0 Å². The van der Waals surface area contributed by atoms with Crippen molar-refractivity contribution in [2.24, 2.45) is 9.98 Å². The van der Waals surface area contributed by atoms with E-state index >= 15 is 0 Å². The number of aliphatic hydroxyl groups is 4. The van der Waals surface area contributed by atoms with Crippen LogP contribution in [0.2, 0.25) is 0 Å². The Balaban J connectivity index is 4.71. The van der Waals surface area contributed by atoms with Gasteiger partial charge in [0.2, 0.25) is 24.6 Å². The summed E-state index contributed by atoms with van der Waals surface area (Å²) < 4.78 is 0. The van der Waals surface area contributed by atoms with E-state index in [0.717, 1.165) is 12.2 Å². The molecule has 0 aliphatic carbocycles. The molecule has 0 fully saturated rings. The predicted molar refractivity (Wildman–Crippen MR) is 35.4 cm³/mol. The Morgan fingerprint density at radius 1 is 1.00 bits per heavy atom. The van der Waals surface area contributed by atoms with Gasteiger partial charge in [-0.25, -0.2) is 9.59 Å². The van der Waals surface area contributed by atoms with Crippen LogP contribution in [0.3, 0.4) is 0 Å². The first-order valence-electron chi connectivity index (χ1n) is 2.91. The summed E-state index contributed by atoms with van der Waals surface area (Å²) in [6.07, 6.45) is -3.05. The normalized spacial score (nSPS) is 15.1. The number of isocyanates is 2. The van der Waals surface area contributed by atoms with E-state index in [1.54, 1.807) is 0 Å². The summed E-state index contributed by atoms with van der Waals surface area (Å²) in [4.78, 5) is 24.2. The van der Waals surface area contributed by atoms with E-state index in [2.05, 4.69) is 9.98 Å². The molecule has 13 heavy (non-hydrogen) atoms. The molecular weight excluding hydrogens is 184 g/mol. The number of hydrogen-bond donors (Lipinski definition) is 4. The second kappa shape index (κ2) is 4.58. The summed E-state index contributed by atoms with van der Waals surface area (Å²) in [5, 5.41) is 35.0. The van der Waals surface area contributed by atoms with Gasteiger partial charge in [-0.2, -0.15) is 9.98 Å². The van der Waals surface area contributed by atoms with Gasteiger partial charge >= 0.3 is 0 Å². The number of hydrogen-bond acceptors (Lipinski definition) is 8. The molecule has 0 heterocycles. The van der Waals surface area contributed by atoms with E-state index in [0.29, 0.717) is 0 Å². The highest BCUT2D eigenvalue weighted by atomic mass is 16.5. The number of aliphatic hydroxyl groups excluding tert-OH is 2. The zero-order valence-corrected chi connectivity index (χ0v) is 6.15. The van der Waals surface area contributed by atoms with Gasteiger partial charge in [-0.15, -0.1) is 0 Å². The zero-order valence-electron chi connectivity index (χ0n) is 6.15. The minimum Gasteiger partial charge on any atom is -0.367 e. The molecule has 0 rings (SSSR count). The summed E-state index contributed by atoms with van der Waals surface area (Å²) in [5.74, 6) is -3.23. The van der Waals surface area contributed by atoms with Gasteiger partial charge in [0.25, 0.3) is 5.79 Å². The molecule has 8 heteroatoms. The van der Waals surface area contributed by atoms with Gasteiger partial charge in [0.1, 0.15) is 0 Å². The maximum Gasteiger partial charge on any atom is 0.260 e. The standard InChI is InChI=1S/C5H6N2O6/c8-1-6-3(10)5(12,13)4(11)7-2-9/h3-4,10-13H. The molecule has 0 aromatic rings. The maximum atomic E-state index is 9.58. The summed E-state index contributed by atoms with van der Waals surface area (Å²) in [6.45, 7) is 0. The maximum absolute atomic E-state index is 9.58. The Morgan fingerprint density at radius 2 is 1.31 bits per heavy atom. The van der Waals surface area contributed by atoms with E-state index in [1.807, 2.05) is 0 Å². The van der Waals surface area contributed by atoms with Crippen LogP contribution in [0.25, 0.3) is 0 Å². The fraction of sp³-hybridized carbons (Fsp3) is 0.600. The van der Waals surface area contributed by atoms with Crippen molar-refractivity contribution in [3.05, 3.63) is 0 Å². The molecule has 0 spiro atoms. The average Bonchev–Trinajstić information content (AvgIpc) is 2.05. The second-order valence-electron chi connectivity index (χ2n) is 1.97. The number of carbonyl (C=O) groups excluding carboxylic acids is 2. The molecule has 0 aromatic carbocycles. The largest absolute Gasteiger partial charge is 0.367 e. The highest BCUT2D eigenvalue weighted by molar-refractivity contribution is 5.34. The molecule has 4 N–H and O–H groups in total. The molecule has 0 aromatic heterocycles. The molecule has 0 aliphatic heterocycles. The Bertz CT molecular complexity index is 238. The van der Waals surface area contributed by atoms with Crippen molar-refractivity contribution in [3.63, 3.8) is 0 Å². The van der Waals surface area contributed by atoms with Crippen molar-refractivity contribution in [2.45, 2.75) is 18.2 Å². The van der Waals surface area contributed by atoms with E-state index in [4.69, 9.17) is 20.4 Å². The predicted octanol–water partition coefficient (Wildman–Crippen LogP) is -3.02. The third kappa shape index (κ3) is 2.85. The van der Waals surface area contributed by atoms with Crippen molar-refractivity contribution in [2.75, 3.05) is 0 Å². The lowest BCUT2D eigenvalue weighted by molar-refractivity contribution is -0.270. The first kappa shape index (κ1) is 11.6. The average molecular weight is 190 g/mol. The van der Waals surface area contributed by atoms with Crippen LogP contribution < -0.4 is 0 Å². The minimum atomic E-state index is -3.23. The van der Waals surface area contributed by atoms with Crippen LogP contribution in [0.1, 0.15) is 0 Å². The summed E-state index contributed by atoms with van der Waals surface area (Å²) in [6, 6.07) is 0. The van der Waals surface area contributed by atoms with Crippen LogP contribution in [-0.2, 0) is 9.59 Å². The SMILES string of the molecule is O=C=NC(O)C(O)(O)C(O)N=C=O. The lowest BCUT2D eigenvalue weighted by atomic mass is 10.2. The second-order valence-corrected chi connectivity index (χ2v) is 1.97. The van der Waals surface area contributed by atoms with Gasteiger partial charge in [0, 0.05) is 0 Å². The smallest absolute Gasteiger partial charge is 0.260 e. The van der Waals surface area contributed by atoms with Gasteiger partial charge in [0.15, 0.2) is 0 Å². The highest BCUT2D eigenvalue weighted by Gasteiger charge is 2.41. The minimum absolute atomic E-state index is 0.824. The summed E-state index contributed by atoms with van der Waals surface area (Å²) in [7, 11) is 0. The van der Waals surface area contributed by atoms with E-state index in [1.165, 1.54) is 0 Å². The van der Waals surface area contributed by atoms with Gasteiger partial charge in [-0.3, -0.25) is 0 Å². The van der Waals surface area contributed by atoms with Crippen molar-refractivity contribution in [1.82, 2.24) is 0 Å². The van der Waals surface area contributed by atoms with Gasteiger partial charge < -0.3 is 20.4 Å². The first-order valence-corrected chi connectivity index (χ1v) is 2.91. The third-order valence-electron chi connectivity index (χ3n) is 1.11. The van der Waals surface area contributed by atoms with Crippen molar-refractivity contribution < 1.29 is 30.0 Å². The summed E-state index contributed by atoms with van der Waals surface area (Å²) in [5.41, 5.74) is 0. The zero-order chi connectivity index (χ0) is 10.5. The molecule has 0 radical (unpaired) electrons. The third-order valence-corrected chi connectivity index (χ3v) is 1.11.